The Hall–Kier alpha value is -1.55. The Labute approximate surface area is 95.2 Å². The molecule has 1 atom stereocenters. The number of rotatable bonds is 4. The highest BCUT2D eigenvalue weighted by molar-refractivity contribution is 5.87. The van der Waals surface area contributed by atoms with Gasteiger partial charge in [-0.2, -0.15) is 0 Å². The van der Waals surface area contributed by atoms with Crippen LogP contribution in [0.3, 0.4) is 0 Å². The second kappa shape index (κ2) is 4.53. The van der Waals surface area contributed by atoms with Gasteiger partial charge in [0, 0.05) is 17.8 Å². The fourth-order valence-corrected chi connectivity index (χ4v) is 1.70. The summed E-state index contributed by atoms with van der Waals surface area (Å²) in [5.41, 5.74) is 6.99. The van der Waals surface area contributed by atoms with Crippen LogP contribution in [0.1, 0.15) is 31.4 Å². The van der Waals surface area contributed by atoms with Crippen LogP contribution >= 0.6 is 0 Å². The van der Waals surface area contributed by atoms with Crippen molar-refractivity contribution in [3.8, 4) is 0 Å². The number of nitrogens with two attached hydrogens (primary N) is 1. The number of anilines is 1. The van der Waals surface area contributed by atoms with Crippen LogP contribution in [0.5, 0.6) is 0 Å². The monoisotopic (exact) mass is 219 g/mol. The topological polar surface area (TPSA) is 67.2 Å². The predicted molar refractivity (Wildman–Crippen MR) is 64.2 cm³/mol. The zero-order chi connectivity index (χ0) is 11.5. The minimum Gasteiger partial charge on any atom is -0.351 e. The summed E-state index contributed by atoms with van der Waals surface area (Å²) in [5, 5.41) is 6.06. The van der Waals surface area contributed by atoms with Crippen molar-refractivity contribution in [2.24, 2.45) is 5.73 Å². The highest BCUT2D eigenvalue weighted by atomic mass is 16.2. The van der Waals surface area contributed by atoms with Gasteiger partial charge in [-0.25, -0.2) is 4.79 Å². The van der Waals surface area contributed by atoms with Gasteiger partial charge in [0.1, 0.15) is 0 Å². The molecule has 0 bridgehead atoms. The molecule has 0 aliphatic heterocycles. The third kappa shape index (κ3) is 2.97. The van der Waals surface area contributed by atoms with E-state index in [0.29, 0.717) is 12.1 Å². The molecule has 0 heterocycles. The lowest BCUT2D eigenvalue weighted by Gasteiger charge is -2.14. The summed E-state index contributed by atoms with van der Waals surface area (Å²) >= 11 is 0. The molecule has 0 spiro atoms. The molecule has 1 aliphatic carbocycles. The first kappa shape index (κ1) is 11.0. The van der Waals surface area contributed by atoms with Crippen molar-refractivity contribution in [2.75, 3.05) is 5.32 Å². The molecule has 0 radical (unpaired) electrons. The summed E-state index contributed by atoms with van der Waals surface area (Å²) in [7, 11) is 0. The molecular formula is C12H17N3O. The van der Waals surface area contributed by atoms with Crippen molar-refractivity contribution in [3.63, 3.8) is 0 Å². The molecule has 4 nitrogen and oxygen atoms in total. The number of carbonyl (C=O) groups excluding carboxylic acids is 1. The number of benzene rings is 1. The summed E-state index contributed by atoms with van der Waals surface area (Å²) in [6.07, 6.45) is 2.57. The quantitative estimate of drug-likeness (QED) is 0.725. The molecule has 1 unspecified atom stereocenters. The third-order valence-electron chi connectivity index (χ3n) is 2.74. The van der Waals surface area contributed by atoms with Gasteiger partial charge in [0.25, 0.3) is 0 Å². The number of carbonyl (C=O) groups is 1. The van der Waals surface area contributed by atoms with E-state index >= 15 is 0 Å². The molecule has 1 saturated carbocycles. The van der Waals surface area contributed by atoms with Crippen molar-refractivity contribution >= 4 is 11.7 Å². The number of primary amides is 1. The highest BCUT2D eigenvalue weighted by Gasteiger charge is 2.23. The molecule has 1 aromatic rings. The third-order valence-corrected chi connectivity index (χ3v) is 2.74. The van der Waals surface area contributed by atoms with Gasteiger partial charge in [0.05, 0.1) is 0 Å². The Bertz CT molecular complexity index is 370. The molecule has 1 fully saturated rings. The maximum Gasteiger partial charge on any atom is 0.316 e. The van der Waals surface area contributed by atoms with Crippen molar-refractivity contribution < 1.29 is 4.79 Å². The van der Waals surface area contributed by atoms with Gasteiger partial charge in [-0.15, -0.1) is 0 Å². The zero-order valence-corrected chi connectivity index (χ0v) is 9.36. The van der Waals surface area contributed by atoms with E-state index in [1.54, 1.807) is 0 Å². The molecule has 86 valence electrons. The van der Waals surface area contributed by atoms with Crippen LogP contribution in [0.15, 0.2) is 24.3 Å². The highest BCUT2D eigenvalue weighted by Crippen LogP contribution is 2.24. The lowest BCUT2D eigenvalue weighted by Crippen LogP contribution is -2.21. The molecule has 2 rings (SSSR count). The normalized spacial score (nSPS) is 16.8. The number of nitrogens with one attached hydrogen (secondary N) is 2. The van der Waals surface area contributed by atoms with Crippen LogP contribution in [0.2, 0.25) is 0 Å². The molecule has 0 aromatic heterocycles. The van der Waals surface area contributed by atoms with E-state index in [9.17, 15) is 4.79 Å². The van der Waals surface area contributed by atoms with Crippen LogP contribution in [-0.2, 0) is 0 Å². The molecule has 16 heavy (non-hydrogen) atoms. The molecule has 2 amide bonds. The van der Waals surface area contributed by atoms with Crippen molar-refractivity contribution in [3.05, 3.63) is 29.8 Å². The second-order valence-electron chi connectivity index (χ2n) is 4.27. The lowest BCUT2D eigenvalue weighted by atomic mass is 10.1. The van der Waals surface area contributed by atoms with Crippen molar-refractivity contribution in [2.45, 2.75) is 31.8 Å². The Kier molecular flexibility index (Phi) is 3.10. The number of urea groups is 1. The van der Waals surface area contributed by atoms with Gasteiger partial charge in [0.2, 0.25) is 0 Å². The van der Waals surface area contributed by atoms with E-state index in [0.717, 1.165) is 5.69 Å². The standard InChI is InChI=1S/C12H17N3O/c1-8(14-10-6-7-10)9-2-4-11(5-3-9)15-12(13)16/h2-5,8,10,14H,6-7H2,1H3,(H3,13,15,16). The van der Waals surface area contributed by atoms with Gasteiger partial charge < -0.3 is 16.4 Å². The second-order valence-corrected chi connectivity index (χ2v) is 4.27. The molecule has 1 aliphatic rings. The smallest absolute Gasteiger partial charge is 0.316 e. The summed E-state index contributed by atoms with van der Waals surface area (Å²) in [4.78, 5) is 10.6. The SMILES string of the molecule is CC(NC1CC1)c1ccc(NC(N)=O)cc1. The Morgan fingerprint density at radius 2 is 2.00 bits per heavy atom. The number of amides is 2. The molecule has 4 N–H and O–H groups in total. The minimum absolute atomic E-state index is 0.357. The van der Waals surface area contributed by atoms with E-state index in [4.69, 9.17) is 5.73 Å². The fraction of sp³-hybridized carbons (Fsp3) is 0.417. The summed E-state index contributed by atoms with van der Waals surface area (Å²) in [5.74, 6) is 0. The van der Waals surface area contributed by atoms with E-state index in [-0.39, 0.29) is 0 Å². The van der Waals surface area contributed by atoms with Gasteiger partial charge in [-0.1, -0.05) is 12.1 Å². The predicted octanol–water partition coefficient (Wildman–Crippen LogP) is 1.99. The van der Waals surface area contributed by atoms with Crippen LogP contribution in [0.25, 0.3) is 0 Å². The summed E-state index contributed by atoms with van der Waals surface area (Å²) in [6, 6.07) is 8.26. The van der Waals surface area contributed by atoms with Crippen LogP contribution < -0.4 is 16.4 Å². The first-order chi connectivity index (χ1) is 7.65. The lowest BCUT2D eigenvalue weighted by molar-refractivity contribution is 0.259. The van der Waals surface area contributed by atoms with Crippen LogP contribution in [-0.4, -0.2) is 12.1 Å². The minimum atomic E-state index is -0.531. The average molecular weight is 219 g/mol. The Morgan fingerprint density at radius 1 is 1.38 bits per heavy atom. The van der Waals surface area contributed by atoms with E-state index in [1.807, 2.05) is 24.3 Å². The summed E-state index contributed by atoms with van der Waals surface area (Å²) in [6.45, 7) is 2.15. The fourth-order valence-electron chi connectivity index (χ4n) is 1.70. The van der Waals surface area contributed by atoms with Crippen LogP contribution in [0, 0.1) is 0 Å². The van der Waals surface area contributed by atoms with E-state index in [1.165, 1.54) is 18.4 Å². The maximum atomic E-state index is 10.6. The van der Waals surface area contributed by atoms with Crippen molar-refractivity contribution in [1.82, 2.24) is 5.32 Å². The molecular weight excluding hydrogens is 202 g/mol. The van der Waals surface area contributed by atoms with E-state index in [2.05, 4.69) is 17.6 Å². The van der Waals surface area contributed by atoms with Gasteiger partial charge in [0.15, 0.2) is 0 Å². The Morgan fingerprint density at radius 3 is 2.50 bits per heavy atom. The van der Waals surface area contributed by atoms with Gasteiger partial charge in [-0.3, -0.25) is 0 Å². The first-order valence-electron chi connectivity index (χ1n) is 5.57. The largest absolute Gasteiger partial charge is 0.351 e. The van der Waals surface area contributed by atoms with Crippen LogP contribution in [0.4, 0.5) is 10.5 Å². The number of hydrogen-bond donors (Lipinski definition) is 3. The Balaban J connectivity index is 1.97. The molecule has 4 heteroatoms. The van der Waals surface area contributed by atoms with Gasteiger partial charge in [-0.05, 0) is 37.5 Å². The number of hydrogen-bond acceptors (Lipinski definition) is 2. The van der Waals surface area contributed by atoms with Gasteiger partial charge >= 0.3 is 6.03 Å². The molecule has 1 aromatic carbocycles. The average Bonchev–Trinajstić information content (AvgIpc) is 3.01. The zero-order valence-electron chi connectivity index (χ0n) is 9.36. The van der Waals surface area contributed by atoms with E-state index < -0.39 is 6.03 Å². The summed E-state index contributed by atoms with van der Waals surface area (Å²) < 4.78 is 0. The van der Waals surface area contributed by atoms with Crippen molar-refractivity contribution in [1.29, 1.82) is 0 Å². The first-order valence-corrected chi connectivity index (χ1v) is 5.57. The molecule has 0 saturated heterocycles. The maximum absolute atomic E-state index is 10.6.